The molecule has 0 spiro atoms. The van der Waals surface area contributed by atoms with Crippen LogP contribution in [0.15, 0.2) is 24.3 Å². The summed E-state index contributed by atoms with van der Waals surface area (Å²) >= 11 is 0. The fourth-order valence-corrected chi connectivity index (χ4v) is 4.23. The fourth-order valence-electron chi connectivity index (χ4n) is 4.23. The fraction of sp³-hybridized carbons (Fsp3) is 0.684. The van der Waals surface area contributed by atoms with E-state index in [0.717, 1.165) is 37.5 Å². The summed E-state index contributed by atoms with van der Waals surface area (Å²) in [5.41, 5.74) is 2.11. The molecular formula is C19H29NO. The third-order valence-electron chi connectivity index (χ3n) is 5.77. The van der Waals surface area contributed by atoms with E-state index in [1.165, 1.54) is 30.5 Å². The van der Waals surface area contributed by atoms with E-state index >= 15 is 0 Å². The summed E-state index contributed by atoms with van der Waals surface area (Å²) in [7, 11) is 0. The lowest BCUT2D eigenvalue weighted by Crippen LogP contribution is -2.48. The Bertz CT molecular complexity index is 484. The number of hydrogen-bond acceptors (Lipinski definition) is 2. The predicted molar refractivity (Wildman–Crippen MR) is 88.5 cm³/mol. The van der Waals surface area contributed by atoms with Crippen LogP contribution in [-0.2, 0) is 6.42 Å². The molecule has 0 aromatic heterocycles. The number of aryl methyl sites for hydroxylation is 1. The van der Waals surface area contributed by atoms with E-state index in [-0.39, 0.29) is 6.04 Å². The van der Waals surface area contributed by atoms with Crippen molar-refractivity contribution in [2.45, 2.75) is 70.4 Å². The Hall–Kier alpha value is -1.02. The second-order valence-electron chi connectivity index (χ2n) is 7.43. The van der Waals surface area contributed by atoms with Gasteiger partial charge in [-0.1, -0.05) is 44.9 Å². The molecule has 1 heterocycles. The molecule has 1 aliphatic carbocycles. The number of hydrogen-bond donors (Lipinski definition) is 2. The highest BCUT2D eigenvalue weighted by molar-refractivity contribution is 5.54. The summed E-state index contributed by atoms with van der Waals surface area (Å²) in [6, 6.07) is 8.76. The van der Waals surface area contributed by atoms with E-state index in [1.54, 1.807) is 0 Å². The van der Waals surface area contributed by atoms with Gasteiger partial charge < -0.3 is 10.4 Å². The highest BCUT2D eigenvalue weighted by atomic mass is 16.3. The first kappa shape index (κ1) is 14.9. The molecule has 2 nitrogen and oxygen atoms in total. The van der Waals surface area contributed by atoms with Gasteiger partial charge in [0.2, 0.25) is 0 Å². The minimum atomic E-state index is -0.517. The number of benzene rings is 1. The van der Waals surface area contributed by atoms with Gasteiger partial charge in [0.15, 0.2) is 0 Å². The molecule has 2 heteroatoms. The predicted octanol–water partition coefficient (Wildman–Crippen LogP) is 4.38. The zero-order valence-electron chi connectivity index (χ0n) is 13.4. The van der Waals surface area contributed by atoms with E-state index in [1.807, 2.05) is 0 Å². The molecular weight excluding hydrogens is 258 g/mol. The first-order valence-corrected chi connectivity index (χ1v) is 8.65. The summed E-state index contributed by atoms with van der Waals surface area (Å²) in [5.74, 6) is 1.53. The highest BCUT2D eigenvalue weighted by Gasteiger charge is 2.40. The Morgan fingerprint density at radius 3 is 2.76 bits per heavy atom. The molecule has 2 aliphatic rings. The molecule has 3 rings (SSSR count). The van der Waals surface area contributed by atoms with Crippen LogP contribution in [-0.4, -0.2) is 16.7 Å². The van der Waals surface area contributed by atoms with E-state index in [4.69, 9.17) is 0 Å². The second kappa shape index (κ2) is 6.00. The normalized spacial score (nSPS) is 33.1. The molecule has 3 atom stereocenters. The molecule has 2 N–H and O–H groups in total. The average Bonchev–Trinajstić information content (AvgIpc) is 2.70. The highest BCUT2D eigenvalue weighted by Crippen LogP contribution is 2.39. The number of aliphatic hydroxyl groups is 1. The molecule has 1 aliphatic heterocycles. The third kappa shape index (κ3) is 3.11. The second-order valence-corrected chi connectivity index (χ2v) is 7.43. The van der Waals surface area contributed by atoms with Crippen LogP contribution in [0.1, 0.15) is 57.9 Å². The third-order valence-corrected chi connectivity index (χ3v) is 5.77. The minimum Gasteiger partial charge on any atom is -0.388 e. The Labute approximate surface area is 129 Å². The van der Waals surface area contributed by atoms with Crippen LogP contribution < -0.4 is 5.32 Å². The van der Waals surface area contributed by atoms with Crippen molar-refractivity contribution in [2.24, 2.45) is 11.8 Å². The molecule has 1 aromatic rings. The van der Waals surface area contributed by atoms with Gasteiger partial charge in [-0.3, -0.25) is 0 Å². The van der Waals surface area contributed by atoms with Crippen molar-refractivity contribution in [3.05, 3.63) is 29.8 Å². The van der Waals surface area contributed by atoms with Gasteiger partial charge in [-0.2, -0.15) is 0 Å². The summed E-state index contributed by atoms with van der Waals surface area (Å²) in [5, 5.41) is 14.9. The van der Waals surface area contributed by atoms with Crippen molar-refractivity contribution in [1.29, 1.82) is 0 Å². The maximum Gasteiger partial charge on any atom is 0.0848 e. The van der Waals surface area contributed by atoms with Crippen molar-refractivity contribution < 1.29 is 5.11 Å². The van der Waals surface area contributed by atoms with Crippen molar-refractivity contribution in [1.82, 2.24) is 0 Å². The smallest absolute Gasteiger partial charge is 0.0848 e. The van der Waals surface area contributed by atoms with Crippen molar-refractivity contribution in [3.8, 4) is 0 Å². The van der Waals surface area contributed by atoms with Crippen LogP contribution in [0, 0.1) is 11.8 Å². The van der Waals surface area contributed by atoms with Crippen LogP contribution >= 0.6 is 0 Å². The topological polar surface area (TPSA) is 32.3 Å². The number of fused-ring (bicyclic) bond motifs is 1. The van der Waals surface area contributed by atoms with Gasteiger partial charge in [-0.25, -0.2) is 0 Å². The van der Waals surface area contributed by atoms with Gasteiger partial charge in [0.1, 0.15) is 0 Å². The van der Waals surface area contributed by atoms with Crippen LogP contribution in [0.2, 0.25) is 0 Å². The standard InChI is InChI=1S/C19H29NO/c1-14(2)15-7-5-12-19(21,13-11-15)18-10-9-16-6-3-4-8-17(16)20-18/h3-4,6,8,14-15,18,20-21H,5,7,9-13H2,1-2H3. The van der Waals surface area contributed by atoms with Gasteiger partial charge in [0.25, 0.3) is 0 Å². The lowest BCUT2D eigenvalue weighted by molar-refractivity contribution is 0.00144. The molecule has 0 saturated heterocycles. The maximum atomic E-state index is 11.2. The van der Waals surface area contributed by atoms with Crippen molar-refractivity contribution in [2.75, 3.05) is 5.32 Å². The zero-order valence-corrected chi connectivity index (χ0v) is 13.4. The van der Waals surface area contributed by atoms with Gasteiger partial charge >= 0.3 is 0 Å². The molecule has 0 amide bonds. The Balaban J connectivity index is 1.72. The SMILES string of the molecule is CC(C)C1CCCC(O)(C2CCc3ccccc3N2)CC1. The Kier molecular flexibility index (Phi) is 4.26. The van der Waals surface area contributed by atoms with E-state index < -0.39 is 5.60 Å². The summed E-state index contributed by atoms with van der Waals surface area (Å²) in [6.07, 6.45) is 7.67. The lowest BCUT2D eigenvalue weighted by atomic mass is 9.80. The number of rotatable bonds is 2. The first-order valence-electron chi connectivity index (χ1n) is 8.65. The monoisotopic (exact) mass is 287 g/mol. The minimum absolute atomic E-state index is 0.221. The molecule has 116 valence electrons. The van der Waals surface area contributed by atoms with Gasteiger partial charge in [0.05, 0.1) is 11.6 Å². The summed E-state index contributed by atoms with van der Waals surface area (Å²) < 4.78 is 0. The quantitative estimate of drug-likeness (QED) is 0.791. The molecule has 1 aromatic carbocycles. The van der Waals surface area contributed by atoms with Gasteiger partial charge in [0, 0.05) is 5.69 Å². The van der Waals surface area contributed by atoms with Crippen molar-refractivity contribution in [3.63, 3.8) is 0 Å². The molecule has 0 bridgehead atoms. The van der Waals surface area contributed by atoms with Crippen LogP contribution in [0.5, 0.6) is 0 Å². The first-order chi connectivity index (χ1) is 10.1. The maximum absolute atomic E-state index is 11.2. The average molecular weight is 287 g/mol. The molecule has 1 fully saturated rings. The zero-order chi connectivity index (χ0) is 14.9. The van der Waals surface area contributed by atoms with Crippen molar-refractivity contribution >= 4 is 5.69 Å². The largest absolute Gasteiger partial charge is 0.388 e. The van der Waals surface area contributed by atoms with Crippen LogP contribution in [0.3, 0.4) is 0 Å². The number of anilines is 1. The Morgan fingerprint density at radius 2 is 1.95 bits per heavy atom. The summed E-state index contributed by atoms with van der Waals surface area (Å²) in [6.45, 7) is 4.65. The molecule has 0 radical (unpaired) electrons. The number of nitrogens with one attached hydrogen (secondary N) is 1. The lowest BCUT2D eigenvalue weighted by Gasteiger charge is -2.40. The Morgan fingerprint density at radius 1 is 1.14 bits per heavy atom. The van der Waals surface area contributed by atoms with E-state index in [0.29, 0.717) is 0 Å². The van der Waals surface area contributed by atoms with Gasteiger partial charge in [-0.05, 0) is 55.6 Å². The van der Waals surface area contributed by atoms with Crippen LogP contribution in [0.4, 0.5) is 5.69 Å². The van der Waals surface area contributed by atoms with E-state index in [9.17, 15) is 5.11 Å². The number of para-hydroxylation sites is 1. The molecule has 3 unspecified atom stereocenters. The molecule has 1 saturated carbocycles. The summed E-state index contributed by atoms with van der Waals surface area (Å²) in [4.78, 5) is 0. The van der Waals surface area contributed by atoms with Crippen LogP contribution in [0.25, 0.3) is 0 Å². The molecule has 21 heavy (non-hydrogen) atoms. The van der Waals surface area contributed by atoms with Gasteiger partial charge in [-0.15, -0.1) is 0 Å². The van der Waals surface area contributed by atoms with E-state index in [2.05, 4.69) is 43.4 Å².